The van der Waals surface area contributed by atoms with Crippen molar-refractivity contribution in [3.05, 3.63) is 53.6 Å². The molecule has 2 heterocycles. The summed E-state index contributed by atoms with van der Waals surface area (Å²) in [4.78, 5) is 24.8. The second kappa shape index (κ2) is 7.61. The Labute approximate surface area is 148 Å². The van der Waals surface area contributed by atoms with E-state index in [9.17, 15) is 4.79 Å². The average molecular weight is 340 g/mol. The molecule has 0 spiro atoms. The molecule has 2 aromatic rings. The Balaban J connectivity index is 1.84. The van der Waals surface area contributed by atoms with Crippen molar-refractivity contribution in [3.8, 4) is 5.75 Å². The number of carbonyl (C=O) groups is 1. The Hall–Kier alpha value is -2.47. The monoisotopic (exact) mass is 340 g/mol. The van der Waals surface area contributed by atoms with Crippen molar-refractivity contribution in [1.82, 2.24) is 19.8 Å². The molecule has 3 rings (SSSR count). The van der Waals surface area contributed by atoms with E-state index >= 15 is 0 Å². The van der Waals surface area contributed by atoms with Gasteiger partial charge < -0.3 is 9.64 Å². The fraction of sp³-hybridized carbons (Fsp3) is 0.421. The highest BCUT2D eigenvalue weighted by molar-refractivity contribution is 5.73. The van der Waals surface area contributed by atoms with Gasteiger partial charge in [0.05, 0.1) is 18.8 Å². The molecule has 1 aromatic carbocycles. The normalized spacial score (nSPS) is 18.2. The van der Waals surface area contributed by atoms with Crippen LogP contribution in [0.4, 0.5) is 0 Å². The highest BCUT2D eigenvalue weighted by Gasteiger charge is 2.29. The number of benzene rings is 1. The summed E-state index contributed by atoms with van der Waals surface area (Å²) in [5.74, 6) is 1.73. The molecule has 1 aromatic heterocycles. The number of aromatic nitrogens is 2. The van der Waals surface area contributed by atoms with Gasteiger partial charge in [0.25, 0.3) is 0 Å². The molecule has 0 saturated carbocycles. The van der Waals surface area contributed by atoms with Gasteiger partial charge in [-0.1, -0.05) is 12.1 Å². The van der Waals surface area contributed by atoms with Crippen LogP contribution in [0.15, 0.2) is 36.5 Å². The van der Waals surface area contributed by atoms with E-state index in [4.69, 9.17) is 4.74 Å². The number of nitrogens with zero attached hydrogens (tertiary/aromatic N) is 4. The SMILES string of the molecule is COc1ccc([C@@H]2CN(C(C)=O)CCN2Cc2ccnc(C)n2)cc1. The molecule has 132 valence electrons. The summed E-state index contributed by atoms with van der Waals surface area (Å²) in [6, 6.07) is 10.2. The number of hydrogen-bond acceptors (Lipinski definition) is 5. The molecule has 6 heteroatoms. The molecule has 1 amide bonds. The van der Waals surface area contributed by atoms with Crippen molar-refractivity contribution < 1.29 is 9.53 Å². The molecule has 1 saturated heterocycles. The Morgan fingerprint density at radius 1 is 1.24 bits per heavy atom. The highest BCUT2D eigenvalue weighted by atomic mass is 16.5. The van der Waals surface area contributed by atoms with Gasteiger partial charge in [0, 0.05) is 39.3 Å². The van der Waals surface area contributed by atoms with E-state index < -0.39 is 0 Å². The number of piperazine rings is 1. The molecule has 0 radical (unpaired) electrons. The summed E-state index contributed by atoms with van der Waals surface area (Å²) in [6.45, 7) is 6.52. The lowest BCUT2D eigenvalue weighted by Crippen LogP contribution is -2.49. The number of rotatable bonds is 4. The van der Waals surface area contributed by atoms with Crippen LogP contribution in [0.2, 0.25) is 0 Å². The van der Waals surface area contributed by atoms with E-state index in [0.717, 1.165) is 36.9 Å². The Morgan fingerprint density at radius 3 is 2.64 bits per heavy atom. The summed E-state index contributed by atoms with van der Waals surface area (Å²) in [6.07, 6.45) is 1.80. The Kier molecular flexibility index (Phi) is 5.28. The molecule has 1 aliphatic rings. The maximum absolute atomic E-state index is 11.9. The third kappa shape index (κ3) is 4.14. The van der Waals surface area contributed by atoms with Crippen LogP contribution in [-0.4, -0.2) is 52.4 Å². The minimum atomic E-state index is 0.121. The van der Waals surface area contributed by atoms with Crippen molar-refractivity contribution in [3.63, 3.8) is 0 Å². The standard InChI is InChI=1S/C19H24N4O2/c1-14-20-9-8-17(21-14)12-23-11-10-22(15(2)24)13-19(23)16-4-6-18(25-3)7-5-16/h4-9,19H,10-13H2,1-3H3/t19-/m0/s1. The zero-order chi connectivity index (χ0) is 17.8. The van der Waals surface area contributed by atoms with Crippen LogP contribution >= 0.6 is 0 Å². The van der Waals surface area contributed by atoms with Gasteiger partial charge >= 0.3 is 0 Å². The summed E-state index contributed by atoms with van der Waals surface area (Å²) >= 11 is 0. The smallest absolute Gasteiger partial charge is 0.219 e. The average Bonchev–Trinajstić information content (AvgIpc) is 2.62. The minimum absolute atomic E-state index is 0.121. The van der Waals surface area contributed by atoms with Crippen molar-refractivity contribution in [2.45, 2.75) is 26.4 Å². The molecule has 1 fully saturated rings. The van der Waals surface area contributed by atoms with Gasteiger partial charge in [-0.3, -0.25) is 9.69 Å². The van der Waals surface area contributed by atoms with Crippen molar-refractivity contribution >= 4 is 5.91 Å². The molecule has 0 aliphatic carbocycles. The molecular formula is C19H24N4O2. The molecular weight excluding hydrogens is 316 g/mol. The lowest BCUT2D eigenvalue weighted by atomic mass is 10.0. The second-order valence-electron chi connectivity index (χ2n) is 6.32. The molecule has 1 aliphatic heterocycles. The first-order chi connectivity index (χ1) is 12.1. The number of aryl methyl sites for hydroxylation is 1. The molecule has 0 bridgehead atoms. The van der Waals surface area contributed by atoms with E-state index in [1.807, 2.05) is 30.0 Å². The van der Waals surface area contributed by atoms with Crippen LogP contribution < -0.4 is 4.74 Å². The first kappa shape index (κ1) is 17.4. The van der Waals surface area contributed by atoms with Gasteiger partial charge in [0.15, 0.2) is 0 Å². The van der Waals surface area contributed by atoms with Crippen LogP contribution in [0.25, 0.3) is 0 Å². The largest absolute Gasteiger partial charge is 0.497 e. The van der Waals surface area contributed by atoms with Crippen molar-refractivity contribution in [2.75, 3.05) is 26.7 Å². The number of methoxy groups -OCH3 is 1. The molecule has 1 atom stereocenters. The summed E-state index contributed by atoms with van der Waals surface area (Å²) < 4.78 is 5.26. The second-order valence-corrected chi connectivity index (χ2v) is 6.32. The summed E-state index contributed by atoms with van der Waals surface area (Å²) in [5.41, 5.74) is 2.18. The topological polar surface area (TPSA) is 58.6 Å². The minimum Gasteiger partial charge on any atom is -0.497 e. The predicted octanol–water partition coefficient (Wildman–Crippen LogP) is 2.20. The fourth-order valence-electron chi connectivity index (χ4n) is 3.24. The number of hydrogen-bond donors (Lipinski definition) is 0. The third-order valence-corrected chi connectivity index (χ3v) is 4.64. The quantitative estimate of drug-likeness (QED) is 0.854. The highest BCUT2D eigenvalue weighted by Crippen LogP contribution is 2.28. The number of amides is 1. The Morgan fingerprint density at radius 2 is 2.00 bits per heavy atom. The fourth-order valence-corrected chi connectivity index (χ4v) is 3.24. The van der Waals surface area contributed by atoms with Crippen LogP contribution in [-0.2, 0) is 11.3 Å². The van der Waals surface area contributed by atoms with Gasteiger partial charge in [-0.15, -0.1) is 0 Å². The zero-order valence-electron chi connectivity index (χ0n) is 15.0. The van der Waals surface area contributed by atoms with E-state index in [1.165, 1.54) is 5.56 Å². The molecule has 25 heavy (non-hydrogen) atoms. The van der Waals surface area contributed by atoms with E-state index in [2.05, 4.69) is 27.0 Å². The first-order valence-electron chi connectivity index (χ1n) is 8.49. The van der Waals surface area contributed by atoms with Gasteiger partial charge in [0.1, 0.15) is 11.6 Å². The maximum Gasteiger partial charge on any atom is 0.219 e. The predicted molar refractivity (Wildman–Crippen MR) is 95.2 cm³/mol. The van der Waals surface area contributed by atoms with Gasteiger partial charge in [0.2, 0.25) is 5.91 Å². The van der Waals surface area contributed by atoms with Crippen LogP contribution in [0.1, 0.15) is 30.0 Å². The van der Waals surface area contributed by atoms with E-state index in [-0.39, 0.29) is 11.9 Å². The lowest BCUT2D eigenvalue weighted by molar-refractivity contribution is -0.132. The lowest BCUT2D eigenvalue weighted by Gasteiger charge is -2.41. The number of ether oxygens (including phenoxy) is 1. The summed E-state index contributed by atoms with van der Waals surface area (Å²) in [5, 5.41) is 0. The van der Waals surface area contributed by atoms with Crippen molar-refractivity contribution in [2.24, 2.45) is 0 Å². The van der Waals surface area contributed by atoms with E-state index in [1.54, 1.807) is 20.2 Å². The molecule has 0 unspecified atom stereocenters. The van der Waals surface area contributed by atoms with Gasteiger partial charge in [-0.25, -0.2) is 9.97 Å². The van der Waals surface area contributed by atoms with Crippen LogP contribution in [0.5, 0.6) is 5.75 Å². The summed E-state index contributed by atoms with van der Waals surface area (Å²) in [7, 11) is 1.66. The van der Waals surface area contributed by atoms with Crippen LogP contribution in [0, 0.1) is 6.92 Å². The number of carbonyl (C=O) groups excluding carboxylic acids is 1. The first-order valence-corrected chi connectivity index (χ1v) is 8.49. The van der Waals surface area contributed by atoms with Crippen LogP contribution in [0.3, 0.4) is 0 Å². The molecule has 0 N–H and O–H groups in total. The maximum atomic E-state index is 11.9. The van der Waals surface area contributed by atoms with Gasteiger partial charge in [-0.2, -0.15) is 0 Å². The zero-order valence-corrected chi connectivity index (χ0v) is 15.0. The van der Waals surface area contributed by atoms with Crippen molar-refractivity contribution in [1.29, 1.82) is 0 Å². The van der Waals surface area contributed by atoms with E-state index in [0.29, 0.717) is 6.54 Å². The van der Waals surface area contributed by atoms with Gasteiger partial charge in [-0.05, 0) is 30.7 Å². The molecule has 6 nitrogen and oxygen atoms in total. The Bertz CT molecular complexity index is 732. The third-order valence-electron chi connectivity index (χ3n) is 4.64.